The van der Waals surface area contributed by atoms with E-state index in [1.54, 1.807) is 48.5 Å². The number of halogens is 1. The summed E-state index contributed by atoms with van der Waals surface area (Å²) >= 11 is 5.83. The highest BCUT2D eigenvalue weighted by atomic mass is 35.5. The highest BCUT2D eigenvalue weighted by Crippen LogP contribution is 2.35. The minimum absolute atomic E-state index is 0.318. The molecule has 0 amide bonds. The molecule has 0 spiro atoms. The van der Waals surface area contributed by atoms with Crippen LogP contribution in [0.25, 0.3) is 0 Å². The number of para-hydroxylation sites is 1. The van der Waals surface area contributed by atoms with Crippen molar-refractivity contribution in [3.8, 4) is 5.75 Å². The molecule has 1 aliphatic rings. The van der Waals surface area contributed by atoms with Crippen molar-refractivity contribution in [2.75, 3.05) is 0 Å². The van der Waals surface area contributed by atoms with E-state index in [4.69, 9.17) is 16.3 Å². The molecular weight excluding hydrogens is 264 g/mol. The Kier molecular flexibility index (Phi) is 3.01. The number of hydrogen-bond acceptors (Lipinski definition) is 3. The summed E-state index contributed by atoms with van der Waals surface area (Å²) in [6.45, 7) is 0. The first-order valence-corrected chi connectivity index (χ1v) is 6.28. The van der Waals surface area contributed by atoms with Gasteiger partial charge in [0.2, 0.25) is 0 Å². The number of carbonyl (C=O) groups is 1. The monoisotopic (exact) mass is 274 g/mol. The number of ether oxygens (including phenoxy) is 1. The van der Waals surface area contributed by atoms with Gasteiger partial charge in [0.15, 0.2) is 18.0 Å². The Morgan fingerprint density at radius 3 is 2.47 bits per heavy atom. The van der Waals surface area contributed by atoms with Crippen molar-refractivity contribution >= 4 is 17.4 Å². The van der Waals surface area contributed by atoms with E-state index >= 15 is 0 Å². The third kappa shape index (κ3) is 2.11. The SMILES string of the molecule is O=C1c2ccccc2O[C@@H](c2ccc(Cl)cc2)[C@@H]1O. The summed E-state index contributed by atoms with van der Waals surface area (Å²) in [4.78, 5) is 12.1. The van der Waals surface area contributed by atoms with Crippen LogP contribution in [0.1, 0.15) is 22.0 Å². The minimum Gasteiger partial charge on any atom is -0.482 e. The van der Waals surface area contributed by atoms with Gasteiger partial charge in [0.05, 0.1) is 5.56 Å². The average Bonchev–Trinajstić information content (AvgIpc) is 2.44. The highest BCUT2D eigenvalue weighted by molar-refractivity contribution is 6.30. The number of ketones is 1. The quantitative estimate of drug-likeness (QED) is 0.869. The molecule has 2 aromatic carbocycles. The third-order valence-electron chi connectivity index (χ3n) is 3.16. The number of carbonyl (C=O) groups excluding carboxylic acids is 1. The van der Waals surface area contributed by atoms with Crippen LogP contribution < -0.4 is 4.74 Å². The topological polar surface area (TPSA) is 46.5 Å². The van der Waals surface area contributed by atoms with Crippen LogP contribution in [0.3, 0.4) is 0 Å². The van der Waals surface area contributed by atoms with Gasteiger partial charge in [-0.3, -0.25) is 4.79 Å². The zero-order valence-corrected chi connectivity index (χ0v) is 10.7. The fourth-order valence-electron chi connectivity index (χ4n) is 2.17. The van der Waals surface area contributed by atoms with Crippen molar-refractivity contribution in [1.82, 2.24) is 0 Å². The van der Waals surface area contributed by atoms with Crippen molar-refractivity contribution in [2.24, 2.45) is 0 Å². The van der Waals surface area contributed by atoms with Crippen molar-refractivity contribution in [1.29, 1.82) is 0 Å². The molecule has 2 atom stereocenters. The lowest BCUT2D eigenvalue weighted by Crippen LogP contribution is -2.36. The number of rotatable bonds is 1. The second-order valence-corrected chi connectivity index (χ2v) is 4.83. The van der Waals surface area contributed by atoms with Gasteiger partial charge in [-0.15, -0.1) is 0 Å². The largest absolute Gasteiger partial charge is 0.482 e. The van der Waals surface area contributed by atoms with Gasteiger partial charge in [0.25, 0.3) is 0 Å². The van der Waals surface area contributed by atoms with E-state index in [0.29, 0.717) is 16.3 Å². The van der Waals surface area contributed by atoms with Crippen molar-refractivity contribution < 1.29 is 14.6 Å². The van der Waals surface area contributed by atoms with E-state index in [1.807, 2.05) is 0 Å². The first-order valence-electron chi connectivity index (χ1n) is 5.90. The molecule has 0 bridgehead atoms. The maximum atomic E-state index is 12.1. The van der Waals surface area contributed by atoms with Crippen LogP contribution in [0.2, 0.25) is 5.02 Å². The molecule has 0 aliphatic carbocycles. The molecule has 1 aliphatic heterocycles. The summed E-state index contributed by atoms with van der Waals surface area (Å²) in [6, 6.07) is 13.8. The number of aliphatic hydroxyl groups is 1. The Balaban J connectivity index is 2.01. The Hall–Kier alpha value is -1.84. The van der Waals surface area contributed by atoms with Gasteiger partial charge < -0.3 is 9.84 Å². The minimum atomic E-state index is -1.20. The van der Waals surface area contributed by atoms with E-state index in [1.165, 1.54) is 0 Å². The van der Waals surface area contributed by atoms with Crippen molar-refractivity contribution in [2.45, 2.75) is 12.2 Å². The lowest BCUT2D eigenvalue weighted by Gasteiger charge is -2.29. The molecule has 3 rings (SSSR count). The summed E-state index contributed by atoms with van der Waals surface area (Å²) in [7, 11) is 0. The maximum Gasteiger partial charge on any atom is 0.199 e. The van der Waals surface area contributed by atoms with Crippen molar-refractivity contribution in [3.63, 3.8) is 0 Å². The predicted molar refractivity (Wildman–Crippen MR) is 71.6 cm³/mol. The molecule has 0 radical (unpaired) electrons. The van der Waals surface area contributed by atoms with Gasteiger partial charge in [-0.25, -0.2) is 0 Å². The first-order chi connectivity index (χ1) is 9.16. The fraction of sp³-hybridized carbons (Fsp3) is 0.133. The van der Waals surface area contributed by atoms with Crippen LogP contribution in [0.4, 0.5) is 0 Å². The maximum absolute atomic E-state index is 12.1. The van der Waals surface area contributed by atoms with Gasteiger partial charge in [-0.05, 0) is 29.8 Å². The molecule has 19 heavy (non-hydrogen) atoms. The van der Waals surface area contributed by atoms with E-state index in [2.05, 4.69) is 0 Å². The molecule has 0 saturated heterocycles. The molecular formula is C15H11ClO3. The molecule has 1 heterocycles. The zero-order valence-electron chi connectivity index (χ0n) is 9.92. The molecule has 2 aromatic rings. The number of aliphatic hydroxyl groups excluding tert-OH is 1. The third-order valence-corrected chi connectivity index (χ3v) is 3.41. The van der Waals surface area contributed by atoms with Crippen LogP contribution in [-0.2, 0) is 0 Å². The molecule has 0 saturated carbocycles. The lowest BCUT2D eigenvalue weighted by atomic mass is 9.94. The highest BCUT2D eigenvalue weighted by Gasteiger charge is 2.36. The van der Waals surface area contributed by atoms with Crippen molar-refractivity contribution in [3.05, 3.63) is 64.7 Å². The molecule has 0 fully saturated rings. The summed E-state index contributed by atoms with van der Waals surface area (Å²) < 4.78 is 5.73. The number of Topliss-reactive ketones (excluding diaryl/α,β-unsaturated/α-hetero) is 1. The Bertz CT molecular complexity index is 622. The molecule has 96 valence electrons. The summed E-state index contributed by atoms with van der Waals surface area (Å²) in [6.07, 6.45) is -1.89. The molecule has 3 nitrogen and oxygen atoms in total. The van der Waals surface area contributed by atoms with Crippen LogP contribution in [0.5, 0.6) is 5.75 Å². The van der Waals surface area contributed by atoms with Gasteiger partial charge in [-0.1, -0.05) is 35.9 Å². The molecule has 4 heteroatoms. The predicted octanol–water partition coefficient (Wildman–Crippen LogP) is 3.02. The van der Waals surface area contributed by atoms with Gasteiger partial charge >= 0.3 is 0 Å². The van der Waals surface area contributed by atoms with E-state index in [9.17, 15) is 9.90 Å². The lowest BCUT2D eigenvalue weighted by molar-refractivity contribution is 0.0216. The average molecular weight is 275 g/mol. The fourth-order valence-corrected chi connectivity index (χ4v) is 2.30. The van der Waals surface area contributed by atoms with E-state index < -0.39 is 12.2 Å². The van der Waals surface area contributed by atoms with Gasteiger partial charge in [-0.2, -0.15) is 0 Å². The normalized spacial score (nSPS) is 21.7. The Morgan fingerprint density at radius 2 is 1.74 bits per heavy atom. The molecule has 0 aromatic heterocycles. The van der Waals surface area contributed by atoms with Gasteiger partial charge in [0, 0.05) is 5.02 Å². The Morgan fingerprint density at radius 1 is 1.05 bits per heavy atom. The summed E-state index contributed by atoms with van der Waals surface area (Å²) in [5.74, 6) is 0.180. The van der Waals surface area contributed by atoms with Crippen LogP contribution in [0, 0.1) is 0 Å². The zero-order chi connectivity index (χ0) is 13.4. The first kappa shape index (κ1) is 12.2. The molecule has 0 unspecified atom stereocenters. The summed E-state index contributed by atoms with van der Waals surface area (Å²) in [5.41, 5.74) is 1.14. The smallest absolute Gasteiger partial charge is 0.199 e. The number of fused-ring (bicyclic) bond motifs is 1. The second kappa shape index (κ2) is 4.68. The molecule has 1 N–H and O–H groups in total. The Labute approximate surface area is 115 Å². The van der Waals surface area contributed by atoms with E-state index in [0.717, 1.165) is 5.56 Å². The standard InChI is InChI=1S/C15H11ClO3/c16-10-7-5-9(6-8-10)15-14(18)13(17)11-3-1-2-4-12(11)19-15/h1-8,14-15,18H/t14-,15+/m1/s1. The summed E-state index contributed by atoms with van der Waals surface area (Å²) in [5, 5.41) is 10.7. The van der Waals surface area contributed by atoms with Crippen LogP contribution in [0.15, 0.2) is 48.5 Å². The van der Waals surface area contributed by atoms with Crippen LogP contribution >= 0.6 is 11.6 Å². The van der Waals surface area contributed by atoms with E-state index in [-0.39, 0.29) is 5.78 Å². The second-order valence-electron chi connectivity index (χ2n) is 4.40. The number of benzene rings is 2. The van der Waals surface area contributed by atoms with Crippen LogP contribution in [-0.4, -0.2) is 17.0 Å². The number of hydrogen-bond donors (Lipinski definition) is 1. The van der Waals surface area contributed by atoms with Gasteiger partial charge in [0.1, 0.15) is 5.75 Å².